The lowest BCUT2D eigenvalue weighted by atomic mass is 10.5. The molecular formula is C6H5N3O. The molecule has 2 rings (SSSR count). The van der Waals surface area contributed by atoms with Crippen LogP contribution in [-0.2, 0) is 0 Å². The Morgan fingerprint density at radius 1 is 1.70 bits per heavy atom. The Kier molecular flexibility index (Phi) is 0.887. The predicted molar refractivity (Wildman–Crippen MR) is 36.2 cm³/mol. The largest absolute Gasteiger partial charge is 0.442 e. The van der Waals surface area contributed by atoms with Gasteiger partial charge in [-0.1, -0.05) is 0 Å². The normalized spacial score (nSPS) is 10.4. The van der Waals surface area contributed by atoms with E-state index in [1.807, 2.05) is 0 Å². The molecule has 4 nitrogen and oxygen atoms in total. The van der Waals surface area contributed by atoms with E-state index in [1.165, 1.54) is 12.6 Å². The topological polar surface area (TPSA) is 65.7 Å². The third-order valence-corrected chi connectivity index (χ3v) is 1.30. The summed E-state index contributed by atoms with van der Waals surface area (Å²) >= 11 is 0. The second kappa shape index (κ2) is 1.70. The van der Waals surface area contributed by atoms with Crippen molar-refractivity contribution < 1.29 is 4.42 Å². The molecular weight excluding hydrogens is 130 g/mol. The number of hydrogen-bond acceptors (Lipinski definition) is 3. The monoisotopic (exact) mass is 135 g/mol. The standard InChI is InChI=1S/C6H5N3O/c7-2-4-1-5-6(9-4)8-3-10-5/h1-3,7,9H. The fourth-order valence-electron chi connectivity index (χ4n) is 0.843. The van der Waals surface area contributed by atoms with Crippen LogP contribution in [0.1, 0.15) is 5.69 Å². The van der Waals surface area contributed by atoms with E-state index < -0.39 is 0 Å². The number of aromatic nitrogens is 2. The third kappa shape index (κ3) is 0.556. The van der Waals surface area contributed by atoms with Crippen molar-refractivity contribution in [2.24, 2.45) is 0 Å². The van der Waals surface area contributed by atoms with Crippen LogP contribution in [0.3, 0.4) is 0 Å². The molecule has 0 aliphatic rings. The molecule has 0 aliphatic carbocycles. The van der Waals surface area contributed by atoms with Crippen LogP contribution in [0.15, 0.2) is 16.9 Å². The second-order valence-corrected chi connectivity index (χ2v) is 1.93. The molecule has 2 N–H and O–H groups in total. The van der Waals surface area contributed by atoms with E-state index in [0.717, 1.165) is 0 Å². The number of H-pyrrole nitrogens is 1. The van der Waals surface area contributed by atoms with Crippen molar-refractivity contribution >= 4 is 17.4 Å². The molecule has 4 heteroatoms. The quantitative estimate of drug-likeness (QED) is 0.576. The summed E-state index contributed by atoms with van der Waals surface area (Å²) in [7, 11) is 0. The Morgan fingerprint density at radius 2 is 2.60 bits per heavy atom. The number of oxazole rings is 1. The molecule has 2 aromatic heterocycles. The average Bonchev–Trinajstić information content (AvgIpc) is 2.42. The predicted octanol–water partition coefficient (Wildman–Crippen LogP) is 1.15. The van der Waals surface area contributed by atoms with Crippen LogP contribution in [0.4, 0.5) is 0 Å². The first-order chi connectivity index (χ1) is 4.90. The maximum atomic E-state index is 6.89. The van der Waals surface area contributed by atoms with Gasteiger partial charge in [-0.15, -0.1) is 0 Å². The van der Waals surface area contributed by atoms with Crippen molar-refractivity contribution in [1.29, 1.82) is 5.41 Å². The molecule has 0 saturated heterocycles. The third-order valence-electron chi connectivity index (χ3n) is 1.30. The first-order valence-corrected chi connectivity index (χ1v) is 2.83. The molecule has 0 radical (unpaired) electrons. The average molecular weight is 135 g/mol. The van der Waals surface area contributed by atoms with Gasteiger partial charge >= 0.3 is 0 Å². The van der Waals surface area contributed by atoms with E-state index >= 15 is 0 Å². The van der Waals surface area contributed by atoms with Crippen LogP contribution < -0.4 is 0 Å². The molecule has 2 aromatic rings. The zero-order valence-electron chi connectivity index (χ0n) is 5.09. The molecule has 0 spiro atoms. The molecule has 0 atom stereocenters. The van der Waals surface area contributed by atoms with E-state index in [4.69, 9.17) is 9.83 Å². The molecule has 0 amide bonds. The lowest BCUT2D eigenvalue weighted by molar-refractivity contribution is 0.602. The highest BCUT2D eigenvalue weighted by Gasteiger charge is 2.00. The van der Waals surface area contributed by atoms with Crippen LogP contribution in [0.5, 0.6) is 0 Å². The van der Waals surface area contributed by atoms with Crippen molar-refractivity contribution in [3.63, 3.8) is 0 Å². The molecule has 0 unspecified atom stereocenters. The first-order valence-electron chi connectivity index (χ1n) is 2.83. The molecule has 0 saturated carbocycles. The van der Waals surface area contributed by atoms with Crippen LogP contribution >= 0.6 is 0 Å². The SMILES string of the molecule is N=Cc1cc2ocnc2[nH]1. The molecule has 2 heterocycles. The van der Waals surface area contributed by atoms with E-state index in [1.54, 1.807) is 6.07 Å². The van der Waals surface area contributed by atoms with E-state index in [0.29, 0.717) is 16.9 Å². The molecule has 50 valence electrons. The number of nitrogens with zero attached hydrogens (tertiary/aromatic N) is 1. The van der Waals surface area contributed by atoms with Gasteiger partial charge in [0.15, 0.2) is 17.6 Å². The summed E-state index contributed by atoms with van der Waals surface area (Å²) in [4.78, 5) is 6.74. The van der Waals surface area contributed by atoms with Gasteiger partial charge in [-0.05, 0) is 0 Å². The van der Waals surface area contributed by atoms with Gasteiger partial charge in [0, 0.05) is 12.3 Å². The van der Waals surface area contributed by atoms with Crippen molar-refractivity contribution in [2.75, 3.05) is 0 Å². The van der Waals surface area contributed by atoms with E-state index in [9.17, 15) is 0 Å². The van der Waals surface area contributed by atoms with Crippen LogP contribution in [-0.4, -0.2) is 16.2 Å². The summed E-state index contributed by atoms with van der Waals surface area (Å²) < 4.78 is 4.95. The highest BCUT2D eigenvalue weighted by molar-refractivity contribution is 5.83. The first kappa shape index (κ1) is 5.22. The minimum atomic E-state index is 0.693. The minimum Gasteiger partial charge on any atom is -0.442 e. The fraction of sp³-hybridized carbons (Fsp3) is 0. The second-order valence-electron chi connectivity index (χ2n) is 1.93. The molecule has 0 fully saturated rings. The van der Waals surface area contributed by atoms with Gasteiger partial charge in [-0.3, -0.25) is 0 Å². The van der Waals surface area contributed by atoms with Gasteiger partial charge < -0.3 is 14.8 Å². The number of nitrogens with one attached hydrogen (secondary N) is 2. The van der Waals surface area contributed by atoms with Crippen molar-refractivity contribution in [3.05, 3.63) is 18.2 Å². The molecule has 10 heavy (non-hydrogen) atoms. The van der Waals surface area contributed by atoms with Gasteiger partial charge in [0.25, 0.3) is 0 Å². The van der Waals surface area contributed by atoms with Gasteiger partial charge in [-0.25, -0.2) is 0 Å². The lowest BCUT2D eigenvalue weighted by Crippen LogP contribution is -1.75. The zero-order chi connectivity index (χ0) is 6.97. The van der Waals surface area contributed by atoms with Crippen LogP contribution in [0.2, 0.25) is 0 Å². The van der Waals surface area contributed by atoms with Gasteiger partial charge in [0.05, 0.1) is 5.69 Å². The number of hydrogen-bond donors (Lipinski definition) is 2. The summed E-state index contributed by atoms with van der Waals surface area (Å²) in [6.07, 6.45) is 2.59. The minimum absolute atomic E-state index is 0.693. The Balaban J connectivity index is 2.78. The maximum absolute atomic E-state index is 6.89. The lowest BCUT2D eigenvalue weighted by Gasteiger charge is -1.75. The molecule has 0 aliphatic heterocycles. The zero-order valence-corrected chi connectivity index (χ0v) is 5.09. The summed E-state index contributed by atoms with van der Waals surface area (Å²) in [5.41, 5.74) is 2.10. The van der Waals surface area contributed by atoms with Crippen molar-refractivity contribution in [2.45, 2.75) is 0 Å². The molecule has 0 bridgehead atoms. The summed E-state index contributed by atoms with van der Waals surface area (Å²) in [6.45, 7) is 0. The Morgan fingerprint density at radius 3 is 3.30 bits per heavy atom. The highest BCUT2D eigenvalue weighted by Crippen LogP contribution is 2.10. The van der Waals surface area contributed by atoms with Gasteiger partial charge in [0.2, 0.25) is 0 Å². The summed E-state index contributed by atoms with van der Waals surface area (Å²) in [5.74, 6) is 0. The Bertz CT molecular complexity index is 331. The summed E-state index contributed by atoms with van der Waals surface area (Å²) in [5, 5.41) is 6.89. The number of fused-ring (bicyclic) bond motifs is 1. The summed E-state index contributed by atoms with van der Waals surface area (Å²) in [6, 6.07) is 1.73. The van der Waals surface area contributed by atoms with Gasteiger partial charge in [-0.2, -0.15) is 4.98 Å². The van der Waals surface area contributed by atoms with Crippen LogP contribution in [0.25, 0.3) is 11.2 Å². The smallest absolute Gasteiger partial charge is 0.183 e. The number of rotatable bonds is 1. The van der Waals surface area contributed by atoms with E-state index in [2.05, 4.69) is 9.97 Å². The fourth-order valence-corrected chi connectivity index (χ4v) is 0.843. The maximum Gasteiger partial charge on any atom is 0.183 e. The van der Waals surface area contributed by atoms with Crippen molar-refractivity contribution in [3.8, 4) is 0 Å². The highest BCUT2D eigenvalue weighted by atomic mass is 16.3. The number of aromatic amines is 1. The van der Waals surface area contributed by atoms with Crippen LogP contribution in [0, 0.1) is 5.41 Å². The Labute approximate surface area is 56.4 Å². The molecule has 0 aromatic carbocycles. The van der Waals surface area contributed by atoms with Crippen molar-refractivity contribution in [1.82, 2.24) is 9.97 Å². The Hall–Kier alpha value is -1.58. The van der Waals surface area contributed by atoms with Gasteiger partial charge in [0.1, 0.15) is 0 Å². The van der Waals surface area contributed by atoms with E-state index in [-0.39, 0.29) is 0 Å².